The lowest BCUT2D eigenvalue weighted by atomic mass is 9.98. The van der Waals surface area contributed by atoms with Gasteiger partial charge < -0.3 is 99.2 Å². The summed E-state index contributed by atoms with van der Waals surface area (Å²) in [5.74, 6) is -3.60. The predicted octanol–water partition coefficient (Wildman–Crippen LogP) is -3.86. The summed E-state index contributed by atoms with van der Waals surface area (Å²) in [5.41, 5.74) is -1.50. The lowest BCUT2D eigenvalue weighted by Crippen LogP contribution is -2.62. The van der Waals surface area contributed by atoms with Gasteiger partial charge in [-0.3, -0.25) is 4.79 Å². The van der Waals surface area contributed by atoms with Gasteiger partial charge in [0.2, 0.25) is 17.5 Å². The van der Waals surface area contributed by atoms with Crippen molar-refractivity contribution in [2.24, 2.45) is 0 Å². The van der Waals surface area contributed by atoms with Gasteiger partial charge >= 0.3 is 0 Å². The standard InChI is InChI=1S/C33H40O21/c1-9-19(38)23(42)26(45)31(50-9)48-7-16-20(39)24(43)27(46)32(52-16)49-8-17-21(40)25(44)28(47)33(53-17)54-30-22(41)18-14(37)5-11(34)6-15(18)51-29(30)10-2-3-12(35)13(36)4-10/h2-6,9,16-17,19-21,23-28,31-40,42-47H,7-8H2,1H3. The number of phenols is 4. The molecule has 54 heavy (non-hydrogen) atoms. The molecule has 3 fully saturated rings. The van der Waals surface area contributed by atoms with Crippen molar-refractivity contribution < 1.29 is 99.2 Å². The van der Waals surface area contributed by atoms with Crippen LogP contribution in [0.5, 0.6) is 28.7 Å². The fourth-order valence-corrected chi connectivity index (χ4v) is 6.22. The molecule has 0 radical (unpaired) electrons. The van der Waals surface area contributed by atoms with Gasteiger partial charge in [-0.05, 0) is 25.1 Å². The zero-order chi connectivity index (χ0) is 39.3. The van der Waals surface area contributed by atoms with Crippen molar-refractivity contribution >= 4 is 11.0 Å². The molecule has 4 heterocycles. The average Bonchev–Trinajstić information content (AvgIpc) is 3.13. The van der Waals surface area contributed by atoms with Crippen molar-refractivity contribution in [3.63, 3.8) is 0 Å². The van der Waals surface area contributed by atoms with Crippen LogP contribution in [0, 0.1) is 0 Å². The summed E-state index contributed by atoms with van der Waals surface area (Å²) in [5, 5.41) is 134. The Hall–Kier alpha value is -3.91. The third-order valence-corrected chi connectivity index (χ3v) is 9.38. The summed E-state index contributed by atoms with van der Waals surface area (Å²) < 4.78 is 39.0. The zero-order valence-electron chi connectivity index (χ0n) is 28.0. The minimum absolute atomic E-state index is 0.0801. The number of fused-ring (bicyclic) bond motifs is 1. The van der Waals surface area contributed by atoms with E-state index >= 15 is 0 Å². The van der Waals surface area contributed by atoms with Crippen molar-refractivity contribution in [3.8, 4) is 40.1 Å². The Morgan fingerprint density at radius 2 is 1.13 bits per heavy atom. The first-order valence-electron chi connectivity index (χ1n) is 16.5. The van der Waals surface area contributed by atoms with Gasteiger partial charge in [-0.15, -0.1) is 0 Å². The van der Waals surface area contributed by atoms with Gasteiger partial charge in [-0.25, -0.2) is 0 Å². The van der Waals surface area contributed by atoms with Crippen LogP contribution in [0.15, 0.2) is 39.5 Å². The Morgan fingerprint density at radius 3 is 1.72 bits per heavy atom. The molecule has 0 saturated carbocycles. The highest BCUT2D eigenvalue weighted by Gasteiger charge is 2.49. The molecule has 0 bridgehead atoms. The van der Waals surface area contributed by atoms with E-state index in [1.807, 2.05) is 0 Å². The highest BCUT2D eigenvalue weighted by molar-refractivity contribution is 5.88. The first-order chi connectivity index (χ1) is 25.5. The largest absolute Gasteiger partial charge is 0.508 e. The number of hydrogen-bond acceptors (Lipinski definition) is 21. The van der Waals surface area contributed by atoms with E-state index in [4.69, 9.17) is 32.8 Å². The number of hydrogen-bond donors (Lipinski definition) is 13. The second-order valence-corrected chi connectivity index (χ2v) is 13.1. The Kier molecular flexibility index (Phi) is 11.5. The van der Waals surface area contributed by atoms with Crippen molar-refractivity contribution in [2.75, 3.05) is 13.2 Å². The van der Waals surface area contributed by atoms with Gasteiger partial charge in [-0.1, -0.05) is 0 Å². The molecular formula is C33H40O21. The first kappa shape index (κ1) is 39.8. The maximum atomic E-state index is 13.7. The fourth-order valence-electron chi connectivity index (χ4n) is 6.22. The molecule has 1 aromatic heterocycles. The van der Waals surface area contributed by atoms with E-state index in [1.165, 1.54) is 13.0 Å². The summed E-state index contributed by atoms with van der Waals surface area (Å²) in [7, 11) is 0. The molecule has 298 valence electrons. The molecule has 21 heteroatoms. The molecule has 3 aliphatic rings. The second-order valence-electron chi connectivity index (χ2n) is 13.1. The number of aliphatic hydroxyl groups is 9. The molecule has 13 N–H and O–H groups in total. The number of rotatable bonds is 9. The number of benzene rings is 2. The highest BCUT2D eigenvalue weighted by atomic mass is 16.7. The van der Waals surface area contributed by atoms with E-state index < -0.39 is 151 Å². The third-order valence-electron chi connectivity index (χ3n) is 9.38. The smallest absolute Gasteiger partial charge is 0.239 e. The zero-order valence-corrected chi connectivity index (χ0v) is 28.0. The molecule has 2 aromatic carbocycles. The minimum atomic E-state index is -2.06. The van der Waals surface area contributed by atoms with Gasteiger partial charge in [0.25, 0.3) is 0 Å². The number of aliphatic hydroxyl groups excluding tert-OH is 9. The van der Waals surface area contributed by atoms with Crippen LogP contribution in [-0.4, -0.2) is 172 Å². The van der Waals surface area contributed by atoms with Crippen LogP contribution in [0.25, 0.3) is 22.3 Å². The molecule has 3 aromatic rings. The van der Waals surface area contributed by atoms with E-state index in [0.29, 0.717) is 0 Å². The Morgan fingerprint density at radius 1 is 0.593 bits per heavy atom. The molecule has 21 nitrogen and oxygen atoms in total. The summed E-state index contributed by atoms with van der Waals surface area (Å²) >= 11 is 0. The fraction of sp³-hybridized carbons (Fsp3) is 0.545. The van der Waals surface area contributed by atoms with Crippen molar-refractivity contribution in [1.29, 1.82) is 0 Å². The van der Waals surface area contributed by atoms with Crippen LogP contribution in [0.2, 0.25) is 0 Å². The van der Waals surface area contributed by atoms with Crippen LogP contribution < -0.4 is 10.2 Å². The molecule has 3 saturated heterocycles. The SMILES string of the molecule is CC1OC(OCC2OC(OCC3OC(Oc4c(-c5ccc(O)c(O)c5)oc5cc(O)cc(O)c5c4=O)C(O)C(O)C3O)C(O)C(O)C2O)C(O)C(O)C1O. The predicted molar refractivity (Wildman–Crippen MR) is 173 cm³/mol. The Bertz CT molecular complexity index is 1850. The van der Waals surface area contributed by atoms with Gasteiger partial charge in [-0.2, -0.15) is 0 Å². The monoisotopic (exact) mass is 772 g/mol. The maximum absolute atomic E-state index is 13.7. The summed E-state index contributed by atoms with van der Waals surface area (Å²) in [6.07, 6.45) is -25.6. The quantitative estimate of drug-likeness (QED) is 0.0925. The van der Waals surface area contributed by atoms with E-state index in [-0.39, 0.29) is 11.1 Å². The maximum Gasteiger partial charge on any atom is 0.239 e. The van der Waals surface area contributed by atoms with E-state index in [9.17, 15) is 71.2 Å². The van der Waals surface area contributed by atoms with Crippen molar-refractivity contribution in [3.05, 3.63) is 40.6 Å². The molecule has 15 unspecified atom stereocenters. The topological polar surface area (TPSA) is 349 Å². The van der Waals surface area contributed by atoms with Crippen molar-refractivity contribution in [2.45, 2.75) is 99.0 Å². The van der Waals surface area contributed by atoms with Crippen LogP contribution in [-0.2, 0) is 23.7 Å². The van der Waals surface area contributed by atoms with E-state index in [0.717, 1.165) is 24.3 Å². The Balaban J connectivity index is 1.20. The highest BCUT2D eigenvalue weighted by Crippen LogP contribution is 2.39. The minimum Gasteiger partial charge on any atom is -0.508 e. The lowest BCUT2D eigenvalue weighted by Gasteiger charge is -2.43. The summed E-state index contributed by atoms with van der Waals surface area (Å²) in [6, 6.07) is 5.09. The number of phenolic OH excluding ortho intramolecular Hbond substituents is 4. The van der Waals surface area contributed by atoms with Crippen LogP contribution >= 0.6 is 0 Å². The first-order valence-corrected chi connectivity index (χ1v) is 16.5. The lowest BCUT2D eigenvalue weighted by molar-refractivity contribution is -0.337. The number of ether oxygens (including phenoxy) is 6. The van der Waals surface area contributed by atoms with E-state index in [1.54, 1.807) is 0 Å². The molecular weight excluding hydrogens is 732 g/mol. The van der Waals surface area contributed by atoms with Gasteiger partial charge in [0.1, 0.15) is 89.6 Å². The second kappa shape index (κ2) is 15.7. The molecule has 0 amide bonds. The normalized spacial score (nSPS) is 37.3. The van der Waals surface area contributed by atoms with Crippen LogP contribution in [0.4, 0.5) is 0 Å². The van der Waals surface area contributed by atoms with Gasteiger partial charge in [0.05, 0.1) is 19.3 Å². The summed E-state index contributed by atoms with van der Waals surface area (Å²) in [4.78, 5) is 13.7. The molecule has 15 atom stereocenters. The van der Waals surface area contributed by atoms with Gasteiger partial charge in [0.15, 0.2) is 29.8 Å². The van der Waals surface area contributed by atoms with Crippen molar-refractivity contribution in [1.82, 2.24) is 0 Å². The van der Waals surface area contributed by atoms with Crippen LogP contribution in [0.3, 0.4) is 0 Å². The third kappa shape index (κ3) is 7.52. The molecule has 0 spiro atoms. The molecule has 0 aliphatic carbocycles. The molecule has 6 rings (SSSR count). The Labute approximate surface area is 303 Å². The van der Waals surface area contributed by atoms with E-state index in [2.05, 4.69) is 0 Å². The van der Waals surface area contributed by atoms with Crippen LogP contribution in [0.1, 0.15) is 6.92 Å². The average molecular weight is 773 g/mol. The summed E-state index contributed by atoms with van der Waals surface area (Å²) in [6.45, 7) is 0.0455. The molecule has 3 aliphatic heterocycles. The number of aromatic hydroxyl groups is 4. The van der Waals surface area contributed by atoms with Gasteiger partial charge in [0, 0.05) is 17.7 Å².